The summed E-state index contributed by atoms with van der Waals surface area (Å²) < 4.78 is 3.69. The third kappa shape index (κ3) is 6.34. The van der Waals surface area contributed by atoms with Crippen LogP contribution in [0.15, 0.2) is 128 Å². The summed E-state index contributed by atoms with van der Waals surface area (Å²) in [7, 11) is 0. The van der Waals surface area contributed by atoms with E-state index >= 15 is 0 Å². The van der Waals surface area contributed by atoms with Crippen molar-refractivity contribution in [2.75, 3.05) is 0 Å². The van der Waals surface area contributed by atoms with E-state index in [9.17, 15) is 24.3 Å². The Balaban J connectivity index is 1.09. The number of imidazole rings is 2. The number of benzene rings is 4. The average Bonchev–Trinajstić information content (AvgIpc) is 3.90. The van der Waals surface area contributed by atoms with Crippen LogP contribution in [0.3, 0.4) is 0 Å². The van der Waals surface area contributed by atoms with E-state index in [1.807, 2.05) is 83.4 Å². The van der Waals surface area contributed by atoms with Crippen LogP contribution in [0.2, 0.25) is 0 Å². The number of hydrogen-bond donors (Lipinski definition) is 3. The number of hydrogen-bond acceptors (Lipinski definition) is 7. The lowest BCUT2D eigenvalue weighted by molar-refractivity contribution is -0.124. The van der Waals surface area contributed by atoms with Crippen LogP contribution in [0.4, 0.5) is 0 Å². The summed E-state index contributed by atoms with van der Waals surface area (Å²) in [5.41, 5.74) is 8.32. The number of aromatic hydroxyl groups is 1. The maximum atomic E-state index is 12.8. The van der Waals surface area contributed by atoms with E-state index in [0.29, 0.717) is 47.9 Å². The minimum absolute atomic E-state index is 0.125. The van der Waals surface area contributed by atoms with Gasteiger partial charge in [-0.2, -0.15) is 0 Å². The van der Waals surface area contributed by atoms with E-state index in [2.05, 4.69) is 26.7 Å². The Morgan fingerprint density at radius 3 is 1.79 bits per heavy atom. The zero-order valence-corrected chi connectivity index (χ0v) is 27.6. The number of rotatable bonds is 10. The molecule has 0 aliphatic carbocycles. The predicted molar refractivity (Wildman–Crippen MR) is 193 cm³/mol. The highest BCUT2D eigenvalue weighted by Gasteiger charge is 2.29. The van der Waals surface area contributed by atoms with Crippen molar-refractivity contribution in [2.24, 2.45) is 0 Å². The van der Waals surface area contributed by atoms with Gasteiger partial charge >= 0.3 is 0 Å². The van der Waals surface area contributed by atoms with Crippen molar-refractivity contribution in [3.63, 3.8) is 0 Å². The second kappa shape index (κ2) is 13.3. The number of amides is 4. The Morgan fingerprint density at radius 2 is 1.13 bits per heavy atom. The maximum absolute atomic E-state index is 12.8. The van der Waals surface area contributed by atoms with Crippen molar-refractivity contribution < 1.29 is 24.3 Å². The van der Waals surface area contributed by atoms with Crippen molar-refractivity contribution in [3.8, 4) is 28.1 Å². The number of imide groups is 2. The van der Waals surface area contributed by atoms with Gasteiger partial charge in [0.05, 0.1) is 46.6 Å². The van der Waals surface area contributed by atoms with E-state index in [-0.39, 0.29) is 11.3 Å². The van der Waals surface area contributed by atoms with E-state index in [1.54, 1.807) is 35.4 Å². The molecule has 52 heavy (non-hydrogen) atoms. The molecular formula is C41H30N6O5. The third-order valence-electron chi connectivity index (χ3n) is 9.02. The summed E-state index contributed by atoms with van der Waals surface area (Å²) in [6.07, 6.45) is 6.45. The van der Waals surface area contributed by atoms with Crippen molar-refractivity contribution in [3.05, 3.63) is 162 Å². The molecular weight excluding hydrogens is 656 g/mol. The van der Waals surface area contributed by atoms with E-state index in [4.69, 9.17) is 0 Å². The number of nitrogens with one attached hydrogen (secondary N) is 2. The van der Waals surface area contributed by atoms with Gasteiger partial charge in [-0.3, -0.25) is 29.8 Å². The first-order chi connectivity index (χ1) is 25.3. The number of carbonyl (C=O) groups is 4. The molecule has 4 heterocycles. The summed E-state index contributed by atoms with van der Waals surface area (Å²) in [5.74, 6) is -1.75. The Hall–Kier alpha value is -7.14. The minimum Gasteiger partial charge on any atom is -0.508 e. The lowest BCUT2D eigenvalue weighted by Crippen LogP contribution is -2.22. The molecule has 0 fully saturated rings. The molecule has 0 bridgehead atoms. The second-order valence-electron chi connectivity index (χ2n) is 12.6. The summed E-state index contributed by atoms with van der Waals surface area (Å²) in [6, 6.07) is 32.5. The first kappa shape index (κ1) is 32.1. The van der Waals surface area contributed by atoms with Gasteiger partial charge in [-0.25, -0.2) is 9.97 Å². The summed E-state index contributed by atoms with van der Waals surface area (Å²) in [5, 5.41) is 14.7. The average molecular weight is 687 g/mol. The van der Waals surface area contributed by atoms with Crippen molar-refractivity contribution >= 4 is 34.8 Å². The third-order valence-corrected chi connectivity index (χ3v) is 9.02. The Kier molecular flexibility index (Phi) is 8.20. The molecule has 0 spiro atoms. The van der Waals surface area contributed by atoms with Gasteiger partial charge in [0, 0.05) is 37.2 Å². The van der Waals surface area contributed by atoms with Crippen LogP contribution in [-0.2, 0) is 38.7 Å². The van der Waals surface area contributed by atoms with E-state index < -0.39 is 23.6 Å². The topological polar surface area (TPSA) is 148 Å². The lowest BCUT2D eigenvalue weighted by Gasteiger charge is -2.12. The molecule has 11 heteroatoms. The number of aromatic nitrogens is 4. The van der Waals surface area contributed by atoms with Gasteiger partial charge in [0.25, 0.3) is 23.6 Å². The standard InChI is InChI=1S/C41H30N6O5/c48-31-11-5-9-27(17-31)22-47-24-43-37(39(47)33-20-36(50)45-41(33)52)29-14-12-28(13-15-29)30-10-4-8-26(16-30)21-46-23-42-34(18-25-6-2-1-3-7-25)38(46)32-19-35(49)44-40(32)51/h1-17,19-20,23-24,48H,18,21-22H2,(H,44,49,51)(H,45,50,52). The normalized spacial score (nSPS) is 14.0. The SMILES string of the molecule is O=C1C=C(c2c(Cc3ccccc3)ncn2Cc2cccc(-c3ccc(-c4ncn(Cc5cccc(O)c5)c4C4=CC(=O)NC4=O)cc3)c2)C(=O)N1. The fourth-order valence-corrected chi connectivity index (χ4v) is 6.66. The molecule has 0 saturated carbocycles. The van der Waals surface area contributed by atoms with Crippen LogP contribution >= 0.6 is 0 Å². The molecule has 4 aromatic carbocycles. The largest absolute Gasteiger partial charge is 0.508 e. The van der Waals surface area contributed by atoms with Gasteiger partial charge in [-0.1, -0.05) is 84.9 Å². The number of phenolic OH excluding ortho intramolecular Hbond substituents is 1. The van der Waals surface area contributed by atoms with Crippen molar-refractivity contribution in [2.45, 2.75) is 19.5 Å². The summed E-state index contributed by atoms with van der Waals surface area (Å²) >= 11 is 0. The zero-order valence-electron chi connectivity index (χ0n) is 27.6. The van der Waals surface area contributed by atoms with Gasteiger partial charge in [0.2, 0.25) is 0 Å². The predicted octanol–water partition coefficient (Wildman–Crippen LogP) is 4.89. The quantitative estimate of drug-likeness (QED) is 0.174. The first-order valence-corrected chi connectivity index (χ1v) is 16.5. The molecule has 6 aromatic rings. The molecule has 11 nitrogen and oxygen atoms in total. The summed E-state index contributed by atoms with van der Waals surface area (Å²) in [6.45, 7) is 0.739. The Bertz CT molecular complexity index is 2470. The summed E-state index contributed by atoms with van der Waals surface area (Å²) in [4.78, 5) is 59.2. The highest BCUT2D eigenvalue weighted by Crippen LogP contribution is 2.33. The van der Waals surface area contributed by atoms with Crippen molar-refractivity contribution in [1.29, 1.82) is 0 Å². The molecule has 254 valence electrons. The first-order valence-electron chi connectivity index (χ1n) is 16.5. The van der Waals surface area contributed by atoms with Crippen LogP contribution in [0.25, 0.3) is 33.5 Å². The lowest BCUT2D eigenvalue weighted by atomic mass is 9.99. The van der Waals surface area contributed by atoms with Gasteiger partial charge in [-0.15, -0.1) is 0 Å². The molecule has 2 aromatic heterocycles. The number of carbonyl (C=O) groups excluding carboxylic acids is 4. The zero-order chi connectivity index (χ0) is 35.8. The second-order valence-corrected chi connectivity index (χ2v) is 12.6. The number of nitrogens with zero attached hydrogens (tertiary/aromatic N) is 4. The van der Waals surface area contributed by atoms with Crippen LogP contribution in [0, 0.1) is 0 Å². The maximum Gasteiger partial charge on any atom is 0.260 e. The fourth-order valence-electron chi connectivity index (χ4n) is 6.66. The van der Waals surface area contributed by atoms with Gasteiger partial charge in [-0.05, 0) is 46.0 Å². The monoisotopic (exact) mass is 686 g/mol. The highest BCUT2D eigenvalue weighted by atomic mass is 16.3. The molecule has 0 saturated heterocycles. The Labute approximate surface area is 297 Å². The number of phenols is 1. The van der Waals surface area contributed by atoms with E-state index in [1.165, 1.54) is 12.2 Å². The van der Waals surface area contributed by atoms with Crippen LogP contribution in [0.5, 0.6) is 5.75 Å². The molecule has 2 aliphatic rings. The van der Waals surface area contributed by atoms with Crippen LogP contribution in [0.1, 0.15) is 33.8 Å². The smallest absolute Gasteiger partial charge is 0.260 e. The molecule has 3 N–H and O–H groups in total. The van der Waals surface area contributed by atoms with Crippen molar-refractivity contribution in [1.82, 2.24) is 29.7 Å². The molecule has 2 aliphatic heterocycles. The highest BCUT2D eigenvalue weighted by molar-refractivity contribution is 6.34. The van der Waals surface area contributed by atoms with Gasteiger partial charge in [0.1, 0.15) is 5.75 Å². The minimum atomic E-state index is -0.498. The molecule has 0 radical (unpaired) electrons. The molecule has 0 atom stereocenters. The Morgan fingerprint density at radius 1 is 0.558 bits per heavy atom. The van der Waals surface area contributed by atoms with Crippen LogP contribution in [-0.4, -0.2) is 47.8 Å². The molecule has 8 rings (SSSR count). The molecule has 4 amide bonds. The van der Waals surface area contributed by atoms with Gasteiger partial charge in [0.15, 0.2) is 0 Å². The van der Waals surface area contributed by atoms with Crippen LogP contribution < -0.4 is 10.6 Å². The molecule has 0 unspecified atom stereocenters. The fraction of sp³-hybridized carbons (Fsp3) is 0.0732. The van der Waals surface area contributed by atoms with E-state index in [0.717, 1.165) is 33.4 Å². The van der Waals surface area contributed by atoms with Gasteiger partial charge < -0.3 is 14.2 Å².